The summed E-state index contributed by atoms with van der Waals surface area (Å²) in [7, 11) is 0. The first-order valence-electron chi connectivity index (χ1n) is 20.0. The second-order valence-corrected chi connectivity index (χ2v) is 15.1. The lowest BCUT2D eigenvalue weighted by Crippen LogP contribution is -2.62. The van der Waals surface area contributed by atoms with Crippen molar-refractivity contribution in [2.45, 2.75) is 152 Å². The van der Waals surface area contributed by atoms with Gasteiger partial charge in [0.1, 0.15) is 36.6 Å². The van der Waals surface area contributed by atoms with Crippen molar-refractivity contribution in [1.82, 2.24) is 0 Å². The summed E-state index contributed by atoms with van der Waals surface area (Å²) in [5.74, 6) is -4.61. The zero-order chi connectivity index (χ0) is 48.7. The van der Waals surface area contributed by atoms with Crippen LogP contribution in [0.4, 0.5) is 0 Å². The fourth-order valence-electron chi connectivity index (χ4n) is 8.10. The van der Waals surface area contributed by atoms with E-state index in [4.69, 9.17) is 58.4 Å². The first-order chi connectivity index (χ1) is 31.6. The van der Waals surface area contributed by atoms with Crippen LogP contribution in [-0.4, -0.2) is 153 Å². The molecule has 33 heteroatoms. The van der Waals surface area contributed by atoms with E-state index in [-0.39, 0.29) is 18.9 Å². The Balaban J connectivity index is 1.86. The van der Waals surface area contributed by atoms with Gasteiger partial charge in [0.05, 0.1) is 50.0 Å². The number of hydrogen-bond donors (Lipinski definition) is 1. The number of carbonyl (C=O) groups excluding carboxylic acids is 4. The van der Waals surface area contributed by atoms with Crippen LogP contribution in [0.5, 0.6) is 0 Å². The van der Waals surface area contributed by atoms with Gasteiger partial charge < -0.3 is 52.5 Å². The quantitative estimate of drug-likeness (QED) is 0.0627. The maximum atomic E-state index is 12.8. The summed E-state index contributed by atoms with van der Waals surface area (Å²) in [5.41, 5.74) is 56.6. The number of rotatable bonds is 19. The Bertz CT molecular complexity index is 2070. The molecule has 3 aliphatic heterocycles. The normalized spacial score (nSPS) is 36.9. The Morgan fingerprint density at radius 2 is 0.939 bits per heavy atom. The number of aliphatic hydroxyl groups excluding tert-OH is 1. The molecule has 3 saturated heterocycles. The second kappa shape index (κ2) is 24.7. The minimum absolute atomic E-state index is 0.183. The SMILES string of the molecule is CC(=O)OC1C(OC(C)=O)[C@H](CN=[N+]=[N-])OC(O[C@@H]2C(OC(C)=O)[C@H](O[C@@H]3C(OC(C)=O)[C@H](N=[N+]=[N-])CC(N=[N+]=[N-])[C@H]3O[C@H]3OC(CN=[N+]=[N-])[C@@H](C)[C@H](C)C3N=[N+]=[N-])O[C@@H]2CO)[C@@H]1N=[N+]=[N-]. The number of esters is 4. The van der Waals surface area contributed by atoms with Crippen LogP contribution in [0, 0.1) is 11.8 Å². The Hall–Kier alpha value is -6.54. The molecule has 0 aromatic rings. The van der Waals surface area contributed by atoms with E-state index in [1.54, 1.807) is 13.8 Å². The highest BCUT2D eigenvalue weighted by Gasteiger charge is 2.58. The van der Waals surface area contributed by atoms with Gasteiger partial charge in [-0.05, 0) is 51.4 Å². The van der Waals surface area contributed by atoms with E-state index < -0.39 is 147 Å². The van der Waals surface area contributed by atoms with E-state index in [0.717, 1.165) is 27.7 Å². The molecule has 0 radical (unpaired) electrons. The largest absolute Gasteiger partial charge is 0.459 e. The number of carbonyl (C=O) groups is 4. The fourth-order valence-corrected chi connectivity index (χ4v) is 8.10. The van der Waals surface area contributed by atoms with E-state index in [0.29, 0.717) is 0 Å². The van der Waals surface area contributed by atoms with E-state index in [1.165, 1.54) is 0 Å². The van der Waals surface area contributed by atoms with Gasteiger partial charge in [-0.2, -0.15) is 0 Å². The van der Waals surface area contributed by atoms with Crippen LogP contribution in [-0.2, 0) is 66.5 Å². The molecule has 1 aliphatic carbocycles. The predicted molar refractivity (Wildman–Crippen MR) is 213 cm³/mol. The predicted octanol–water partition coefficient (Wildman–Crippen LogP) is 4.05. The molecule has 1 N–H and O–H groups in total. The van der Waals surface area contributed by atoms with Gasteiger partial charge in [0.25, 0.3) is 0 Å². The molecular formula is C33H46N18O15. The molecule has 0 aromatic carbocycles. The average Bonchev–Trinajstić information content (AvgIpc) is 3.57. The van der Waals surface area contributed by atoms with E-state index in [2.05, 4.69) is 60.2 Å². The third-order valence-corrected chi connectivity index (χ3v) is 11.0. The zero-order valence-electron chi connectivity index (χ0n) is 36.0. The molecular weight excluding hydrogens is 888 g/mol. The van der Waals surface area contributed by atoms with Crippen molar-refractivity contribution in [3.8, 4) is 0 Å². The van der Waals surface area contributed by atoms with E-state index >= 15 is 0 Å². The Morgan fingerprint density at radius 1 is 0.500 bits per heavy atom. The lowest BCUT2D eigenvalue weighted by Gasteiger charge is -2.48. The first kappa shape index (κ1) is 52.1. The molecule has 3 heterocycles. The number of hydrogen-bond acceptors (Lipinski definition) is 21. The fraction of sp³-hybridized carbons (Fsp3) is 0.879. The van der Waals surface area contributed by atoms with Crippen molar-refractivity contribution in [2.24, 2.45) is 42.5 Å². The summed E-state index contributed by atoms with van der Waals surface area (Å²) < 4.78 is 59.5. The maximum Gasteiger partial charge on any atom is 0.303 e. The lowest BCUT2D eigenvalue weighted by molar-refractivity contribution is -0.298. The van der Waals surface area contributed by atoms with Crippen molar-refractivity contribution < 1.29 is 71.7 Å². The summed E-state index contributed by atoms with van der Waals surface area (Å²) in [6, 6.07) is -5.49. The Kier molecular flexibility index (Phi) is 19.5. The smallest absolute Gasteiger partial charge is 0.303 e. The van der Waals surface area contributed by atoms with Gasteiger partial charge in [-0.3, -0.25) is 19.2 Å². The van der Waals surface area contributed by atoms with Crippen molar-refractivity contribution >= 4 is 23.9 Å². The second-order valence-electron chi connectivity index (χ2n) is 15.1. The number of aliphatic hydroxyl groups is 1. The number of azide groups is 6. The van der Waals surface area contributed by atoms with Crippen molar-refractivity contribution in [3.63, 3.8) is 0 Å². The summed E-state index contributed by atoms with van der Waals surface area (Å²) in [6.45, 7) is 5.87. The molecule has 1 saturated carbocycles. The van der Waals surface area contributed by atoms with Crippen LogP contribution >= 0.6 is 0 Å². The standard InChI is InChI=1S/C33H46N18O15/c1-11-12(2)22(44-50-38)31(61-19(11)8-40-46-34)64-25-18(43-49-37)7-17(42-48-36)24(57-13(3)53)29(25)66-33-30(60-16(6)56)27(21(10-52)63-33)65-32-23(45-51-39)28(59-15(5)55)26(58-14(4)54)20(62-32)9-41-47-35/h11-12,17-33,52H,7-10H2,1-6H3/t11-,12-,17+,18?,19?,20-,21+,22?,23+,24?,25+,26?,27-,28?,29+,30?,31+,32?,33-/m0/s1. The van der Waals surface area contributed by atoms with Crippen LogP contribution in [0.2, 0.25) is 0 Å². The third-order valence-electron chi connectivity index (χ3n) is 11.0. The Labute approximate surface area is 372 Å². The highest BCUT2D eigenvalue weighted by atomic mass is 16.8. The van der Waals surface area contributed by atoms with Gasteiger partial charge in [-0.1, -0.05) is 44.5 Å². The minimum atomic E-state index is -1.88. The molecule has 0 spiro atoms. The van der Waals surface area contributed by atoms with Gasteiger partial charge in [0, 0.05) is 57.2 Å². The number of ether oxygens (including phenoxy) is 10. The molecule has 0 aromatic heterocycles. The third kappa shape index (κ3) is 12.8. The molecule has 8 unspecified atom stereocenters. The van der Waals surface area contributed by atoms with Crippen LogP contribution < -0.4 is 0 Å². The summed E-state index contributed by atoms with van der Waals surface area (Å²) in [4.78, 5) is 67.0. The van der Waals surface area contributed by atoms with Crippen LogP contribution in [0.3, 0.4) is 0 Å². The van der Waals surface area contributed by atoms with Crippen LogP contribution in [0.15, 0.2) is 30.7 Å². The van der Waals surface area contributed by atoms with Crippen molar-refractivity contribution in [2.75, 3.05) is 19.7 Å². The van der Waals surface area contributed by atoms with Gasteiger partial charge >= 0.3 is 23.9 Å². The molecule has 19 atom stereocenters. The molecule has 0 amide bonds. The van der Waals surface area contributed by atoms with Crippen molar-refractivity contribution in [3.05, 3.63) is 62.7 Å². The highest BCUT2D eigenvalue weighted by Crippen LogP contribution is 2.41. The summed E-state index contributed by atoms with van der Waals surface area (Å²) >= 11 is 0. The molecule has 66 heavy (non-hydrogen) atoms. The van der Waals surface area contributed by atoms with Gasteiger partial charge in [-0.25, -0.2) is 0 Å². The van der Waals surface area contributed by atoms with Crippen molar-refractivity contribution in [1.29, 1.82) is 0 Å². The van der Waals surface area contributed by atoms with Gasteiger partial charge in [0.15, 0.2) is 37.2 Å². The van der Waals surface area contributed by atoms with Gasteiger partial charge in [-0.15, -0.1) is 0 Å². The monoisotopic (exact) mass is 934 g/mol. The lowest BCUT2D eigenvalue weighted by atomic mass is 9.81. The molecule has 4 rings (SSSR count). The minimum Gasteiger partial charge on any atom is -0.459 e. The molecule has 33 nitrogen and oxygen atoms in total. The maximum absolute atomic E-state index is 12.8. The Morgan fingerprint density at radius 3 is 1.48 bits per heavy atom. The molecule has 358 valence electrons. The topological polar surface area (TPSA) is 473 Å². The number of nitrogens with zero attached hydrogens (tertiary/aromatic N) is 18. The van der Waals surface area contributed by atoms with E-state index in [9.17, 15) is 46.4 Å². The molecule has 0 bridgehead atoms. The van der Waals surface area contributed by atoms with Crippen LogP contribution in [0.1, 0.15) is 48.0 Å². The average molecular weight is 935 g/mol. The molecule has 4 fully saturated rings. The summed E-state index contributed by atoms with van der Waals surface area (Å²) in [5, 5.41) is 32.9. The van der Waals surface area contributed by atoms with Gasteiger partial charge in [0.2, 0.25) is 0 Å². The molecule has 4 aliphatic rings. The summed E-state index contributed by atoms with van der Waals surface area (Å²) in [6.07, 6.45) is -20.9. The van der Waals surface area contributed by atoms with Crippen LogP contribution in [0.25, 0.3) is 62.7 Å². The highest BCUT2D eigenvalue weighted by molar-refractivity contribution is 5.68. The first-order valence-corrected chi connectivity index (χ1v) is 20.0. The zero-order valence-corrected chi connectivity index (χ0v) is 36.0. The van der Waals surface area contributed by atoms with E-state index in [1.807, 2.05) is 0 Å².